The van der Waals surface area contributed by atoms with Crippen LogP contribution < -0.4 is 0 Å². The predicted molar refractivity (Wildman–Crippen MR) is 98.9 cm³/mol. The van der Waals surface area contributed by atoms with Crippen LogP contribution in [0, 0.1) is 0 Å². The minimum Gasteiger partial charge on any atom is -0.465 e. The fourth-order valence-electron chi connectivity index (χ4n) is 3.10. The van der Waals surface area contributed by atoms with E-state index in [9.17, 15) is 14.4 Å². The molecule has 1 fully saturated rings. The molecule has 2 rings (SSSR count). The third-order valence-electron chi connectivity index (χ3n) is 4.47. The van der Waals surface area contributed by atoms with Crippen molar-refractivity contribution in [3.8, 4) is 0 Å². The first-order valence-corrected chi connectivity index (χ1v) is 8.94. The second-order valence-corrected chi connectivity index (χ2v) is 7.53. The summed E-state index contributed by atoms with van der Waals surface area (Å²) in [6.45, 7) is 6.68. The number of methoxy groups -OCH3 is 2. The molecule has 1 saturated heterocycles. The van der Waals surface area contributed by atoms with Crippen LogP contribution >= 0.6 is 0 Å². The van der Waals surface area contributed by atoms with Crippen LogP contribution in [0.4, 0.5) is 4.79 Å². The molecule has 1 aromatic carbocycles. The van der Waals surface area contributed by atoms with Crippen LogP contribution in [0.2, 0.25) is 0 Å². The van der Waals surface area contributed by atoms with E-state index >= 15 is 0 Å². The second-order valence-electron chi connectivity index (χ2n) is 7.53. The van der Waals surface area contributed by atoms with Crippen molar-refractivity contribution in [2.75, 3.05) is 27.3 Å². The molecule has 0 aliphatic carbocycles. The topological polar surface area (TPSA) is 82.1 Å². The molecule has 1 aliphatic rings. The SMILES string of the molecule is COC(=O)c1ccc(C2CCN(C(=O)OC(C)(C)C)CC2)cc1C(=O)OC. The molecule has 7 nitrogen and oxygen atoms in total. The Bertz CT molecular complexity index is 714. The lowest BCUT2D eigenvalue weighted by Crippen LogP contribution is -2.41. The van der Waals surface area contributed by atoms with Gasteiger partial charge in [-0.1, -0.05) is 6.07 Å². The van der Waals surface area contributed by atoms with Gasteiger partial charge in [0.1, 0.15) is 5.60 Å². The lowest BCUT2D eigenvalue weighted by molar-refractivity contribution is 0.0204. The third kappa shape index (κ3) is 5.21. The number of ether oxygens (including phenoxy) is 3. The van der Waals surface area contributed by atoms with E-state index in [0.29, 0.717) is 13.1 Å². The highest BCUT2D eigenvalue weighted by Crippen LogP contribution is 2.30. The molecule has 1 amide bonds. The smallest absolute Gasteiger partial charge is 0.410 e. The molecule has 0 saturated carbocycles. The van der Waals surface area contributed by atoms with E-state index in [1.807, 2.05) is 26.8 Å². The second kappa shape index (κ2) is 8.41. The van der Waals surface area contributed by atoms with Crippen LogP contribution in [0.1, 0.15) is 65.8 Å². The van der Waals surface area contributed by atoms with Crippen molar-refractivity contribution >= 4 is 18.0 Å². The molecule has 148 valence electrons. The van der Waals surface area contributed by atoms with Gasteiger partial charge in [-0.05, 0) is 57.2 Å². The lowest BCUT2D eigenvalue weighted by Gasteiger charge is -2.33. The molecule has 7 heteroatoms. The first-order chi connectivity index (χ1) is 12.7. The maximum atomic E-state index is 12.2. The van der Waals surface area contributed by atoms with Gasteiger partial charge in [0, 0.05) is 13.1 Å². The lowest BCUT2D eigenvalue weighted by atomic mass is 9.87. The molecule has 0 bridgehead atoms. The molecule has 0 spiro atoms. The number of hydrogen-bond donors (Lipinski definition) is 0. The minimum absolute atomic E-state index is 0.179. The van der Waals surface area contributed by atoms with Gasteiger partial charge in [-0.25, -0.2) is 14.4 Å². The molecule has 0 atom stereocenters. The summed E-state index contributed by atoms with van der Waals surface area (Å²) >= 11 is 0. The van der Waals surface area contributed by atoms with Crippen LogP contribution in [-0.2, 0) is 14.2 Å². The summed E-state index contributed by atoms with van der Waals surface area (Å²) < 4.78 is 14.9. The van der Waals surface area contributed by atoms with Gasteiger partial charge >= 0.3 is 18.0 Å². The van der Waals surface area contributed by atoms with Crippen molar-refractivity contribution in [1.29, 1.82) is 0 Å². The standard InChI is InChI=1S/C20H27NO6/c1-20(2,3)27-19(24)21-10-8-13(9-11-21)14-6-7-15(17(22)25-4)16(12-14)18(23)26-5/h6-7,12-13H,8-11H2,1-5H3. The van der Waals surface area contributed by atoms with Crippen LogP contribution in [0.15, 0.2) is 18.2 Å². The van der Waals surface area contributed by atoms with Crippen molar-refractivity contribution in [3.05, 3.63) is 34.9 Å². The number of nitrogens with zero attached hydrogens (tertiary/aromatic N) is 1. The number of likely N-dealkylation sites (tertiary alicyclic amines) is 1. The Balaban J connectivity index is 2.13. The number of amides is 1. The summed E-state index contributed by atoms with van der Waals surface area (Å²) in [6.07, 6.45) is 1.19. The summed E-state index contributed by atoms with van der Waals surface area (Å²) in [6, 6.07) is 5.10. The Morgan fingerprint density at radius 2 is 1.52 bits per heavy atom. The van der Waals surface area contributed by atoms with Crippen LogP contribution in [0.3, 0.4) is 0 Å². The zero-order valence-corrected chi connectivity index (χ0v) is 16.5. The summed E-state index contributed by atoms with van der Waals surface area (Å²) in [5.41, 5.74) is 0.787. The normalized spacial score (nSPS) is 15.2. The Labute approximate surface area is 159 Å². The van der Waals surface area contributed by atoms with Gasteiger partial charge < -0.3 is 19.1 Å². The molecule has 0 N–H and O–H groups in total. The highest BCUT2D eigenvalue weighted by Gasteiger charge is 2.28. The Hall–Kier alpha value is -2.57. The first kappa shape index (κ1) is 20.7. The highest BCUT2D eigenvalue weighted by atomic mass is 16.6. The molecule has 27 heavy (non-hydrogen) atoms. The van der Waals surface area contributed by atoms with Gasteiger partial charge in [0.25, 0.3) is 0 Å². The quantitative estimate of drug-likeness (QED) is 0.593. The molecule has 1 aromatic rings. The summed E-state index contributed by atoms with van der Waals surface area (Å²) in [4.78, 5) is 37.8. The number of esters is 2. The zero-order valence-electron chi connectivity index (χ0n) is 16.5. The minimum atomic E-state index is -0.582. The molecule has 0 aromatic heterocycles. The maximum absolute atomic E-state index is 12.2. The fraction of sp³-hybridized carbons (Fsp3) is 0.550. The molecular weight excluding hydrogens is 350 g/mol. The van der Waals surface area contributed by atoms with Crippen molar-refractivity contribution in [3.63, 3.8) is 0 Å². The monoisotopic (exact) mass is 377 g/mol. The highest BCUT2D eigenvalue weighted by molar-refractivity contribution is 6.03. The third-order valence-corrected chi connectivity index (χ3v) is 4.47. The van der Waals surface area contributed by atoms with Crippen LogP contribution in [-0.4, -0.2) is 55.8 Å². The largest absolute Gasteiger partial charge is 0.465 e. The Morgan fingerprint density at radius 3 is 2.04 bits per heavy atom. The van der Waals surface area contributed by atoms with Crippen molar-refractivity contribution < 1.29 is 28.6 Å². The number of hydrogen-bond acceptors (Lipinski definition) is 6. The fourth-order valence-corrected chi connectivity index (χ4v) is 3.10. The van der Waals surface area contributed by atoms with Gasteiger partial charge in [0.05, 0.1) is 25.3 Å². The molecule has 0 unspecified atom stereocenters. The van der Waals surface area contributed by atoms with Crippen molar-refractivity contribution in [2.45, 2.75) is 45.1 Å². The van der Waals surface area contributed by atoms with E-state index in [1.165, 1.54) is 14.2 Å². The number of piperidine rings is 1. The van der Waals surface area contributed by atoms with Crippen molar-refractivity contribution in [2.24, 2.45) is 0 Å². The van der Waals surface area contributed by atoms with Gasteiger partial charge in [0.15, 0.2) is 0 Å². The molecular formula is C20H27NO6. The van der Waals surface area contributed by atoms with Gasteiger partial charge in [0.2, 0.25) is 0 Å². The maximum Gasteiger partial charge on any atom is 0.410 e. The number of benzene rings is 1. The van der Waals surface area contributed by atoms with E-state index < -0.39 is 17.5 Å². The van der Waals surface area contributed by atoms with Gasteiger partial charge in [-0.2, -0.15) is 0 Å². The molecule has 0 radical (unpaired) electrons. The summed E-state index contributed by atoms with van der Waals surface area (Å²) in [7, 11) is 2.54. The number of carbonyl (C=O) groups is 3. The zero-order chi connectivity index (χ0) is 20.2. The Morgan fingerprint density at radius 1 is 0.963 bits per heavy atom. The first-order valence-electron chi connectivity index (χ1n) is 8.94. The number of rotatable bonds is 3. The summed E-state index contributed by atoms with van der Waals surface area (Å²) in [5, 5.41) is 0. The van der Waals surface area contributed by atoms with E-state index in [2.05, 4.69) is 0 Å². The van der Waals surface area contributed by atoms with Crippen molar-refractivity contribution in [1.82, 2.24) is 4.90 Å². The number of carbonyl (C=O) groups excluding carboxylic acids is 3. The summed E-state index contributed by atoms with van der Waals surface area (Å²) in [5.74, 6) is -0.982. The average molecular weight is 377 g/mol. The van der Waals surface area contributed by atoms with Crippen LogP contribution in [0.5, 0.6) is 0 Å². The van der Waals surface area contributed by atoms with E-state index in [1.54, 1.807) is 17.0 Å². The average Bonchev–Trinajstić information content (AvgIpc) is 2.65. The van der Waals surface area contributed by atoms with Crippen LogP contribution in [0.25, 0.3) is 0 Å². The van der Waals surface area contributed by atoms with E-state index in [4.69, 9.17) is 14.2 Å². The predicted octanol–water partition coefficient (Wildman–Crippen LogP) is 3.37. The van der Waals surface area contributed by atoms with Gasteiger partial charge in [-0.15, -0.1) is 0 Å². The Kier molecular flexibility index (Phi) is 6.46. The van der Waals surface area contributed by atoms with E-state index in [-0.39, 0.29) is 23.1 Å². The molecule has 1 aliphatic heterocycles. The molecule has 1 heterocycles. The van der Waals surface area contributed by atoms with E-state index in [0.717, 1.165) is 18.4 Å². The van der Waals surface area contributed by atoms with Gasteiger partial charge in [-0.3, -0.25) is 0 Å².